The molecule has 3 rings (SSSR count). The minimum atomic E-state index is 0.246. The van der Waals surface area contributed by atoms with E-state index >= 15 is 0 Å². The van der Waals surface area contributed by atoms with Crippen LogP contribution < -0.4 is 4.74 Å². The summed E-state index contributed by atoms with van der Waals surface area (Å²) < 4.78 is 5.11. The van der Waals surface area contributed by atoms with E-state index in [-0.39, 0.29) is 5.75 Å². The van der Waals surface area contributed by atoms with E-state index in [1.807, 2.05) is 55.5 Å². The summed E-state index contributed by atoms with van der Waals surface area (Å²) in [6.45, 7) is 1.82. The van der Waals surface area contributed by atoms with Gasteiger partial charge in [0, 0.05) is 0 Å². The van der Waals surface area contributed by atoms with Gasteiger partial charge in [-0.15, -0.1) is 0 Å². The molecule has 0 atom stereocenters. The lowest BCUT2D eigenvalue weighted by Crippen LogP contribution is -1.79. The van der Waals surface area contributed by atoms with Gasteiger partial charge in [-0.2, -0.15) is 20.5 Å². The van der Waals surface area contributed by atoms with E-state index in [1.165, 1.54) is 0 Å². The molecule has 130 valence electrons. The van der Waals surface area contributed by atoms with E-state index in [9.17, 15) is 5.11 Å². The summed E-state index contributed by atoms with van der Waals surface area (Å²) in [6.07, 6.45) is 0. The fourth-order valence-corrected chi connectivity index (χ4v) is 2.17. The van der Waals surface area contributed by atoms with E-state index in [1.54, 1.807) is 25.3 Å². The zero-order chi connectivity index (χ0) is 18.4. The Labute approximate surface area is 151 Å². The molecule has 0 radical (unpaired) electrons. The van der Waals surface area contributed by atoms with E-state index in [4.69, 9.17) is 4.74 Å². The molecule has 0 amide bonds. The van der Waals surface area contributed by atoms with Gasteiger partial charge in [0.1, 0.15) is 11.5 Å². The number of hydrogen-bond acceptors (Lipinski definition) is 6. The summed E-state index contributed by atoms with van der Waals surface area (Å²) in [5.41, 5.74) is 3.62. The molecule has 0 spiro atoms. The number of methoxy groups -OCH3 is 1. The van der Waals surface area contributed by atoms with Crippen LogP contribution in [0.5, 0.6) is 11.5 Å². The molecule has 0 unspecified atom stereocenters. The van der Waals surface area contributed by atoms with Gasteiger partial charge in [-0.3, -0.25) is 0 Å². The SMILES string of the molecule is COc1ccc(N=Nc2ccc(N=Nc3ccc(O)c(C)c3)cc2)cc1. The molecule has 0 aliphatic rings. The number of ether oxygens (including phenoxy) is 1. The molecule has 0 saturated heterocycles. The Balaban J connectivity index is 1.66. The number of aryl methyl sites for hydroxylation is 1. The first kappa shape index (κ1) is 17.3. The van der Waals surface area contributed by atoms with Gasteiger partial charge >= 0.3 is 0 Å². The normalized spacial score (nSPS) is 11.3. The number of benzene rings is 3. The highest BCUT2D eigenvalue weighted by Gasteiger charge is 1.98. The first-order valence-corrected chi connectivity index (χ1v) is 8.01. The van der Waals surface area contributed by atoms with Crippen molar-refractivity contribution in [3.63, 3.8) is 0 Å². The number of hydrogen-bond donors (Lipinski definition) is 1. The molecule has 0 saturated carbocycles. The number of phenolic OH excluding ortho intramolecular Hbond substituents is 1. The van der Waals surface area contributed by atoms with Gasteiger partial charge < -0.3 is 9.84 Å². The summed E-state index contributed by atoms with van der Waals surface area (Å²) in [5.74, 6) is 1.03. The average molecular weight is 346 g/mol. The van der Waals surface area contributed by atoms with Crippen molar-refractivity contribution in [2.24, 2.45) is 20.5 Å². The van der Waals surface area contributed by atoms with Crippen LogP contribution in [0.25, 0.3) is 0 Å². The highest BCUT2D eigenvalue weighted by molar-refractivity contribution is 5.49. The van der Waals surface area contributed by atoms with Crippen molar-refractivity contribution in [2.75, 3.05) is 7.11 Å². The lowest BCUT2D eigenvalue weighted by molar-refractivity contribution is 0.415. The number of azo groups is 2. The zero-order valence-electron chi connectivity index (χ0n) is 14.5. The molecule has 0 aliphatic carbocycles. The van der Waals surface area contributed by atoms with Gasteiger partial charge in [0.25, 0.3) is 0 Å². The fourth-order valence-electron chi connectivity index (χ4n) is 2.17. The van der Waals surface area contributed by atoms with E-state index < -0.39 is 0 Å². The smallest absolute Gasteiger partial charge is 0.119 e. The zero-order valence-corrected chi connectivity index (χ0v) is 14.5. The first-order valence-electron chi connectivity index (χ1n) is 8.01. The first-order chi connectivity index (χ1) is 12.6. The molecule has 3 aromatic rings. The Hall–Kier alpha value is -3.54. The lowest BCUT2D eigenvalue weighted by atomic mass is 10.2. The predicted molar refractivity (Wildman–Crippen MR) is 101 cm³/mol. The highest BCUT2D eigenvalue weighted by Crippen LogP contribution is 2.26. The molecular formula is C20H18N4O2. The van der Waals surface area contributed by atoms with E-state index in [0.29, 0.717) is 11.4 Å². The molecule has 0 aromatic heterocycles. The van der Waals surface area contributed by atoms with Gasteiger partial charge in [-0.05, 0) is 79.2 Å². The summed E-state index contributed by atoms with van der Waals surface area (Å²) >= 11 is 0. The van der Waals surface area contributed by atoms with Gasteiger partial charge in [-0.1, -0.05) is 0 Å². The molecule has 26 heavy (non-hydrogen) atoms. The van der Waals surface area contributed by atoms with E-state index in [0.717, 1.165) is 22.7 Å². The summed E-state index contributed by atoms with van der Waals surface area (Å²) in [6, 6.07) is 19.7. The van der Waals surface area contributed by atoms with Gasteiger partial charge in [0.2, 0.25) is 0 Å². The van der Waals surface area contributed by atoms with Crippen LogP contribution in [0.1, 0.15) is 5.56 Å². The minimum Gasteiger partial charge on any atom is -0.508 e. The third-order valence-corrected chi connectivity index (χ3v) is 3.66. The molecule has 0 bridgehead atoms. The van der Waals surface area contributed by atoms with Crippen LogP contribution in [0.15, 0.2) is 87.2 Å². The second-order valence-electron chi connectivity index (χ2n) is 5.59. The molecule has 6 nitrogen and oxygen atoms in total. The second kappa shape index (κ2) is 8.02. The van der Waals surface area contributed by atoms with Crippen LogP contribution in [-0.4, -0.2) is 12.2 Å². The average Bonchev–Trinajstić information content (AvgIpc) is 2.68. The highest BCUT2D eigenvalue weighted by atomic mass is 16.5. The predicted octanol–water partition coefficient (Wildman–Crippen LogP) is 6.54. The van der Waals surface area contributed by atoms with Crippen molar-refractivity contribution in [2.45, 2.75) is 6.92 Å². The maximum absolute atomic E-state index is 9.52. The van der Waals surface area contributed by atoms with Crippen LogP contribution in [0, 0.1) is 6.92 Å². The maximum Gasteiger partial charge on any atom is 0.119 e. The lowest BCUT2D eigenvalue weighted by Gasteiger charge is -1.99. The molecule has 0 aliphatic heterocycles. The molecule has 0 heterocycles. The Bertz CT molecular complexity index is 933. The maximum atomic E-state index is 9.52. The number of rotatable bonds is 5. The van der Waals surface area contributed by atoms with Crippen LogP contribution in [0.3, 0.4) is 0 Å². The van der Waals surface area contributed by atoms with E-state index in [2.05, 4.69) is 20.5 Å². The van der Waals surface area contributed by atoms with Crippen LogP contribution >= 0.6 is 0 Å². The van der Waals surface area contributed by atoms with Crippen molar-refractivity contribution in [3.05, 3.63) is 72.3 Å². The minimum absolute atomic E-state index is 0.246. The van der Waals surface area contributed by atoms with Gasteiger partial charge in [-0.25, -0.2) is 0 Å². The third kappa shape index (κ3) is 4.51. The van der Waals surface area contributed by atoms with Gasteiger partial charge in [0.05, 0.1) is 29.9 Å². The van der Waals surface area contributed by atoms with Crippen molar-refractivity contribution in [3.8, 4) is 11.5 Å². The largest absolute Gasteiger partial charge is 0.508 e. The topological polar surface area (TPSA) is 78.9 Å². The Kier molecular flexibility index (Phi) is 5.34. The molecule has 3 aromatic carbocycles. The Morgan fingerprint density at radius 3 is 1.54 bits per heavy atom. The summed E-state index contributed by atoms with van der Waals surface area (Å²) in [5, 5.41) is 26.3. The quantitative estimate of drug-likeness (QED) is 0.532. The molecule has 1 N–H and O–H groups in total. The summed E-state index contributed by atoms with van der Waals surface area (Å²) in [7, 11) is 1.62. The van der Waals surface area contributed by atoms with Crippen molar-refractivity contribution >= 4 is 22.7 Å². The Morgan fingerprint density at radius 1 is 0.654 bits per heavy atom. The third-order valence-electron chi connectivity index (χ3n) is 3.66. The molecular weight excluding hydrogens is 328 g/mol. The van der Waals surface area contributed by atoms with Crippen LogP contribution in [0.4, 0.5) is 22.7 Å². The summed E-state index contributed by atoms with van der Waals surface area (Å²) in [4.78, 5) is 0. The number of aromatic hydroxyl groups is 1. The Morgan fingerprint density at radius 2 is 1.08 bits per heavy atom. The molecule has 6 heteroatoms. The second-order valence-corrected chi connectivity index (χ2v) is 5.59. The van der Waals surface area contributed by atoms with Gasteiger partial charge in [0.15, 0.2) is 0 Å². The van der Waals surface area contributed by atoms with Crippen molar-refractivity contribution in [1.29, 1.82) is 0 Å². The number of nitrogens with zero attached hydrogens (tertiary/aromatic N) is 4. The molecule has 0 fully saturated rings. The number of phenols is 1. The fraction of sp³-hybridized carbons (Fsp3) is 0.100. The van der Waals surface area contributed by atoms with Crippen LogP contribution in [0.2, 0.25) is 0 Å². The van der Waals surface area contributed by atoms with Crippen molar-refractivity contribution in [1.82, 2.24) is 0 Å². The van der Waals surface area contributed by atoms with Crippen LogP contribution in [-0.2, 0) is 0 Å². The monoisotopic (exact) mass is 346 g/mol. The standard InChI is InChI=1S/C20H18N4O2/c1-14-13-18(9-12-20(14)25)24-23-16-5-3-15(4-6-16)21-22-17-7-10-19(26-2)11-8-17/h3-13,25H,1-2H3. The van der Waals surface area contributed by atoms with Crippen molar-refractivity contribution < 1.29 is 9.84 Å².